The van der Waals surface area contributed by atoms with E-state index in [4.69, 9.17) is 4.74 Å². The second-order valence-corrected chi connectivity index (χ2v) is 9.95. The van der Waals surface area contributed by atoms with Gasteiger partial charge in [-0.25, -0.2) is 4.79 Å². The van der Waals surface area contributed by atoms with Crippen LogP contribution in [0.15, 0.2) is 64.5 Å². The van der Waals surface area contributed by atoms with E-state index in [0.717, 1.165) is 14.9 Å². The van der Waals surface area contributed by atoms with Crippen LogP contribution in [0.3, 0.4) is 0 Å². The molecule has 1 amide bonds. The Labute approximate surface area is 207 Å². The number of ether oxygens (including phenoxy) is 1. The van der Waals surface area contributed by atoms with Crippen LogP contribution >= 0.6 is 27.3 Å². The Balaban J connectivity index is 1.73. The van der Waals surface area contributed by atoms with Crippen LogP contribution in [-0.2, 0) is 9.53 Å². The summed E-state index contributed by atoms with van der Waals surface area (Å²) in [6.07, 6.45) is 0. The molecule has 6 nitrogen and oxygen atoms in total. The molecular formula is C25H28BrN3O3S. The first-order valence-electron chi connectivity index (χ1n) is 10.7. The number of carbonyl (C=O) groups excluding carboxylic acids is 2. The van der Waals surface area contributed by atoms with Crippen LogP contribution < -0.4 is 10.6 Å². The first-order valence-corrected chi connectivity index (χ1v) is 12.3. The van der Waals surface area contributed by atoms with Gasteiger partial charge in [-0.3, -0.25) is 4.79 Å². The zero-order valence-corrected chi connectivity index (χ0v) is 21.3. The van der Waals surface area contributed by atoms with Crippen molar-refractivity contribution in [2.45, 2.75) is 13.0 Å². The van der Waals surface area contributed by atoms with E-state index in [1.807, 2.05) is 62.6 Å². The van der Waals surface area contributed by atoms with Gasteiger partial charge in [0.2, 0.25) is 5.91 Å². The molecular weight excluding hydrogens is 502 g/mol. The van der Waals surface area contributed by atoms with Gasteiger partial charge in [0, 0.05) is 18.2 Å². The summed E-state index contributed by atoms with van der Waals surface area (Å²) in [5, 5.41) is 6.60. The highest BCUT2D eigenvalue weighted by Gasteiger charge is 2.26. The first kappa shape index (κ1) is 25.1. The van der Waals surface area contributed by atoms with Crippen LogP contribution in [0.1, 0.15) is 28.9 Å². The van der Waals surface area contributed by atoms with Gasteiger partial charge in [0.25, 0.3) is 0 Å². The predicted molar refractivity (Wildman–Crippen MR) is 138 cm³/mol. The zero-order valence-electron chi connectivity index (χ0n) is 18.9. The summed E-state index contributed by atoms with van der Waals surface area (Å²) in [5.74, 6) is -0.683. The molecule has 0 aliphatic rings. The summed E-state index contributed by atoms with van der Waals surface area (Å²) in [7, 11) is 4.03. The lowest BCUT2D eigenvalue weighted by atomic mass is 10.0. The van der Waals surface area contributed by atoms with Crippen LogP contribution in [0.4, 0.5) is 5.00 Å². The van der Waals surface area contributed by atoms with Crippen LogP contribution in [0.25, 0.3) is 11.1 Å². The molecule has 0 spiro atoms. The number of hydrogen-bond acceptors (Lipinski definition) is 6. The van der Waals surface area contributed by atoms with Crippen molar-refractivity contribution in [3.63, 3.8) is 0 Å². The molecule has 0 radical (unpaired) electrons. The Morgan fingerprint density at radius 1 is 1.06 bits per heavy atom. The van der Waals surface area contributed by atoms with Crippen molar-refractivity contribution in [1.29, 1.82) is 0 Å². The first-order chi connectivity index (χ1) is 15.9. The smallest absolute Gasteiger partial charge is 0.341 e. The number of esters is 1. The Morgan fingerprint density at radius 3 is 2.30 bits per heavy atom. The van der Waals surface area contributed by atoms with Gasteiger partial charge >= 0.3 is 5.97 Å². The van der Waals surface area contributed by atoms with Gasteiger partial charge < -0.3 is 20.3 Å². The molecule has 0 bridgehead atoms. The van der Waals surface area contributed by atoms with Crippen LogP contribution in [-0.4, -0.2) is 50.6 Å². The van der Waals surface area contributed by atoms with Crippen molar-refractivity contribution >= 4 is 44.1 Å². The molecule has 0 fully saturated rings. The molecule has 1 aromatic heterocycles. The summed E-state index contributed by atoms with van der Waals surface area (Å²) in [6, 6.07) is 19.9. The fraction of sp³-hybridized carbons (Fsp3) is 0.280. The maximum atomic E-state index is 12.8. The van der Waals surface area contributed by atoms with E-state index in [1.165, 1.54) is 16.9 Å². The topological polar surface area (TPSA) is 70.7 Å². The number of hydrogen-bond donors (Lipinski definition) is 2. The van der Waals surface area contributed by atoms with Crippen molar-refractivity contribution < 1.29 is 14.3 Å². The van der Waals surface area contributed by atoms with E-state index in [1.54, 1.807) is 6.92 Å². The number of nitrogens with zero attached hydrogens (tertiary/aromatic N) is 1. The molecule has 33 heavy (non-hydrogen) atoms. The van der Waals surface area contributed by atoms with Crippen LogP contribution in [0.2, 0.25) is 0 Å². The predicted octanol–water partition coefficient (Wildman–Crippen LogP) is 5.19. The molecule has 1 heterocycles. The van der Waals surface area contributed by atoms with Crippen molar-refractivity contribution in [3.05, 3.63) is 75.6 Å². The van der Waals surface area contributed by atoms with E-state index < -0.39 is 5.97 Å². The van der Waals surface area contributed by atoms with Gasteiger partial charge in [-0.15, -0.1) is 11.3 Å². The molecule has 0 saturated heterocycles. The largest absolute Gasteiger partial charge is 0.462 e. The molecule has 1 atom stereocenters. The van der Waals surface area contributed by atoms with Crippen molar-refractivity contribution in [3.8, 4) is 11.1 Å². The fourth-order valence-corrected chi connectivity index (χ4v) is 5.39. The number of halogens is 1. The van der Waals surface area contributed by atoms with Gasteiger partial charge in [0.15, 0.2) is 0 Å². The van der Waals surface area contributed by atoms with Gasteiger partial charge in [0.05, 0.1) is 16.9 Å². The maximum Gasteiger partial charge on any atom is 0.341 e. The Hall–Kier alpha value is -2.52. The third-order valence-corrected chi connectivity index (χ3v) is 6.87. The molecule has 2 N–H and O–H groups in total. The highest BCUT2D eigenvalue weighted by Crippen LogP contribution is 2.44. The molecule has 8 heteroatoms. The summed E-state index contributed by atoms with van der Waals surface area (Å²) >= 11 is 4.87. The number of benzene rings is 2. The molecule has 3 rings (SSSR count). The third-order valence-electron chi connectivity index (χ3n) is 5.09. The number of thiophene rings is 1. The van der Waals surface area contributed by atoms with Gasteiger partial charge in [-0.2, -0.15) is 0 Å². The minimum absolute atomic E-state index is 0.121. The lowest BCUT2D eigenvalue weighted by Gasteiger charge is -2.25. The van der Waals surface area contributed by atoms with Gasteiger partial charge in [-0.1, -0.05) is 60.7 Å². The minimum Gasteiger partial charge on any atom is -0.462 e. The van der Waals surface area contributed by atoms with Crippen LogP contribution in [0, 0.1) is 0 Å². The summed E-state index contributed by atoms with van der Waals surface area (Å²) in [6.45, 7) is 2.74. The molecule has 0 aliphatic heterocycles. The van der Waals surface area contributed by atoms with E-state index in [9.17, 15) is 9.59 Å². The molecule has 0 saturated carbocycles. The number of likely N-dealkylation sites (N-methyl/N-ethyl adjacent to an activating group) is 1. The summed E-state index contributed by atoms with van der Waals surface area (Å²) in [5.41, 5.74) is 3.14. The average molecular weight is 530 g/mol. The number of anilines is 1. The fourth-order valence-electron chi connectivity index (χ4n) is 3.52. The maximum absolute atomic E-state index is 12.8. The molecule has 174 valence electrons. The van der Waals surface area contributed by atoms with Crippen LogP contribution in [0.5, 0.6) is 0 Å². The molecule has 0 aliphatic carbocycles. The van der Waals surface area contributed by atoms with Gasteiger partial charge in [-0.05, 0) is 48.1 Å². The van der Waals surface area contributed by atoms with E-state index in [2.05, 4.69) is 43.6 Å². The SMILES string of the molecule is CCOC(=O)c1c(NC(=O)CNC[C@H](c2ccccc2)N(C)C)sc(Br)c1-c1ccccc1. The quantitative estimate of drug-likeness (QED) is 0.354. The summed E-state index contributed by atoms with van der Waals surface area (Å²) < 4.78 is 6.05. The highest BCUT2D eigenvalue weighted by atomic mass is 79.9. The third kappa shape index (κ3) is 6.51. The number of nitrogens with one attached hydrogen (secondary N) is 2. The Kier molecular flexibility index (Phi) is 9.20. The molecule has 2 aromatic carbocycles. The van der Waals surface area contributed by atoms with Crippen molar-refractivity contribution in [1.82, 2.24) is 10.2 Å². The average Bonchev–Trinajstić information content (AvgIpc) is 3.13. The standard InChI is InChI=1S/C25H28BrN3O3S/c1-4-32-25(31)22-21(18-13-9-6-10-14-18)23(26)33-24(22)28-20(30)16-27-15-19(29(2)3)17-11-7-5-8-12-17/h5-14,19,27H,4,15-16H2,1-3H3,(H,28,30)/t19-/m1/s1. The minimum atomic E-state index is -0.460. The number of amides is 1. The molecule has 3 aromatic rings. The Bertz CT molecular complexity index is 1070. The van der Waals surface area contributed by atoms with Gasteiger partial charge in [0.1, 0.15) is 10.6 Å². The lowest BCUT2D eigenvalue weighted by molar-refractivity contribution is -0.115. The number of rotatable bonds is 10. The summed E-state index contributed by atoms with van der Waals surface area (Å²) in [4.78, 5) is 27.6. The zero-order chi connectivity index (χ0) is 23.8. The number of carbonyl (C=O) groups is 2. The van der Waals surface area contributed by atoms with E-state index in [0.29, 0.717) is 17.1 Å². The van der Waals surface area contributed by atoms with Crippen molar-refractivity contribution in [2.24, 2.45) is 0 Å². The van der Waals surface area contributed by atoms with E-state index >= 15 is 0 Å². The Morgan fingerprint density at radius 2 is 1.70 bits per heavy atom. The second kappa shape index (κ2) is 12.1. The highest BCUT2D eigenvalue weighted by molar-refractivity contribution is 9.11. The lowest BCUT2D eigenvalue weighted by Crippen LogP contribution is -2.35. The molecule has 0 unspecified atom stereocenters. The monoisotopic (exact) mass is 529 g/mol. The second-order valence-electron chi connectivity index (χ2n) is 7.61. The normalized spacial score (nSPS) is 11.9. The van der Waals surface area contributed by atoms with E-state index in [-0.39, 0.29) is 25.1 Å². The van der Waals surface area contributed by atoms with Crippen molar-refractivity contribution in [2.75, 3.05) is 39.1 Å².